The summed E-state index contributed by atoms with van der Waals surface area (Å²) in [5.74, 6) is 2.13. The van der Waals surface area contributed by atoms with Crippen LogP contribution in [0, 0.1) is 5.92 Å². The summed E-state index contributed by atoms with van der Waals surface area (Å²) in [6.07, 6.45) is 11.0. The fourth-order valence-electron chi connectivity index (χ4n) is 5.53. The number of ketones is 1. The number of Topliss-reactive ketones (excluding diaryl/α,β-unsaturated/α-hetero) is 1. The second-order valence-corrected chi connectivity index (χ2v) is 9.20. The molecular formula is C31H45NO2. The maximum Gasteiger partial charge on any atom is 0.162 e. The number of carbonyl (C=O) groups excluding carboxylic acids is 1. The molecule has 3 heteroatoms. The average Bonchev–Trinajstić information content (AvgIpc) is 3.37. The van der Waals surface area contributed by atoms with Gasteiger partial charge in [-0.05, 0) is 61.8 Å². The van der Waals surface area contributed by atoms with Gasteiger partial charge in [-0.3, -0.25) is 9.78 Å². The van der Waals surface area contributed by atoms with E-state index in [1.54, 1.807) is 7.11 Å². The van der Waals surface area contributed by atoms with E-state index in [0.717, 1.165) is 41.3 Å². The summed E-state index contributed by atoms with van der Waals surface area (Å²) < 4.78 is 5.63. The van der Waals surface area contributed by atoms with Crippen LogP contribution in [0.1, 0.15) is 114 Å². The number of rotatable bonds is 6. The zero-order valence-electron chi connectivity index (χ0n) is 21.7. The molecule has 1 fully saturated rings. The van der Waals surface area contributed by atoms with Crippen molar-refractivity contribution in [1.29, 1.82) is 0 Å². The summed E-state index contributed by atoms with van der Waals surface area (Å²) in [6, 6.07) is 10.2. The molecule has 0 aliphatic heterocycles. The van der Waals surface area contributed by atoms with Crippen molar-refractivity contribution in [3.8, 4) is 5.75 Å². The third kappa shape index (κ3) is 5.51. The van der Waals surface area contributed by atoms with E-state index < -0.39 is 0 Å². The number of aromatic nitrogens is 1. The first kappa shape index (κ1) is 25.9. The summed E-state index contributed by atoms with van der Waals surface area (Å²) in [5, 5.41) is 0. The molecule has 1 aromatic heterocycles. The van der Waals surface area contributed by atoms with Gasteiger partial charge in [0.1, 0.15) is 5.75 Å². The lowest BCUT2D eigenvalue weighted by molar-refractivity contribution is 0.0988. The molecule has 2 aromatic rings. The van der Waals surface area contributed by atoms with Gasteiger partial charge in [0, 0.05) is 44.0 Å². The number of methoxy groups -OCH3 is 1. The lowest BCUT2D eigenvalue weighted by Gasteiger charge is -2.23. The summed E-state index contributed by atoms with van der Waals surface area (Å²) in [6.45, 7) is 12.5. The molecule has 0 saturated heterocycles. The Hall–Kier alpha value is -2.68. The van der Waals surface area contributed by atoms with Crippen molar-refractivity contribution >= 4 is 11.4 Å². The van der Waals surface area contributed by atoms with Crippen molar-refractivity contribution in [2.75, 3.05) is 7.11 Å². The maximum atomic E-state index is 12.1. The van der Waals surface area contributed by atoms with Crippen molar-refractivity contribution in [3.05, 3.63) is 76.6 Å². The van der Waals surface area contributed by atoms with Crippen molar-refractivity contribution in [3.63, 3.8) is 0 Å². The van der Waals surface area contributed by atoms with E-state index in [1.165, 1.54) is 42.5 Å². The van der Waals surface area contributed by atoms with Gasteiger partial charge < -0.3 is 4.74 Å². The molecule has 4 rings (SSSR count). The van der Waals surface area contributed by atoms with E-state index >= 15 is 0 Å². The van der Waals surface area contributed by atoms with Crippen LogP contribution in [-0.2, 0) is 6.42 Å². The minimum absolute atomic E-state index is 0. The Balaban J connectivity index is 0.00000158. The predicted octanol–water partition coefficient (Wildman–Crippen LogP) is 8.82. The number of nitrogens with zero attached hydrogens (tertiary/aromatic N) is 1. The number of fused-ring (bicyclic) bond motifs is 1. The summed E-state index contributed by atoms with van der Waals surface area (Å²) in [4.78, 5) is 17.4. The Bertz CT molecular complexity index is 1050. The van der Waals surface area contributed by atoms with Crippen LogP contribution in [0.25, 0.3) is 5.57 Å². The second kappa shape index (κ2) is 12.1. The standard InChI is InChI=1S/C29H35NO2.C2H6.2H2/c1-5-20-13-15-26(21-9-7-8-10-21)29-25(19(20)3)16-14-24(30-29)17-23-12-11-22(27(31)6-2)18-28(23)32-4;1-2;;/h5,11-12,14,16,18,21,26H,3,6-10,13,15,17H2,1-2,4H3;1-2H3;2*1H/b20-5-;;;. The monoisotopic (exact) mass is 463 g/mol. The zero-order chi connectivity index (χ0) is 24.7. The molecule has 186 valence electrons. The normalized spacial score (nSPS) is 19.3. The van der Waals surface area contributed by atoms with Crippen molar-refractivity contribution in [2.45, 2.75) is 85.0 Å². The van der Waals surface area contributed by atoms with E-state index in [9.17, 15) is 4.79 Å². The molecular weight excluding hydrogens is 418 g/mol. The Morgan fingerprint density at radius 2 is 1.91 bits per heavy atom. The van der Waals surface area contributed by atoms with Gasteiger partial charge in [0.05, 0.1) is 12.8 Å². The number of benzene rings is 1. The minimum atomic E-state index is 0. The highest BCUT2D eigenvalue weighted by Crippen LogP contribution is 2.46. The second-order valence-electron chi connectivity index (χ2n) is 9.20. The smallest absolute Gasteiger partial charge is 0.162 e. The fourth-order valence-corrected chi connectivity index (χ4v) is 5.53. The third-order valence-corrected chi connectivity index (χ3v) is 7.39. The third-order valence-electron chi connectivity index (χ3n) is 7.39. The lowest BCUT2D eigenvalue weighted by Crippen LogP contribution is -2.13. The summed E-state index contributed by atoms with van der Waals surface area (Å²) in [7, 11) is 1.67. The number of allylic oxidation sites excluding steroid dienone is 3. The van der Waals surface area contributed by atoms with Gasteiger partial charge in [-0.2, -0.15) is 0 Å². The van der Waals surface area contributed by atoms with Crippen molar-refractivity contribution < 1.29 is 12.4 Å². The Morgan fingerprint density at radius 1 is 1.18 bits per heavy atom. The van der Waals surface area contributed by atoms with E-state index in [0.29, 0.717) is 24.3 Å². The number of pyridine rings is 1. The molecule has 1 heterocycles. The van der Waals surface area contributed by atoms with Crippen LogP contribution in [0.15, 0.2) is 48.6 Å². The first-order valence-corrected chi connectivity index (χ1v) is 13.1. The molecule has 0 spiro atoms. The highest BCUT2D eigenvalue weighted by Gasteiger charge is 2.32. The van der Waals surface area contributed by atoms with Crippen LogP contribution in [0.3, 0.4) is 0 Å². The Kier molecular flexibility index (Phi) is 9.27. The van der Waals surface area contributed by atoms with E-state index in [2.05, 4.69) is 31.7 Å². The van der Waals surface area contributed by atoms with E-state index in [-0.39, 0.29) is 8.64 Å². The van der Waals surface area contributed by atoms with Crippen LogP contribution in [-0.4, -0.2) is 17.9 Å². The topological polar surface area (TPSA) is 39.2 Å². The maximum absolute atomic E-state index is 12.1. The SMILES string of the molecule is C=C1/C(=C\C)CCC(C2CCCC2)c2nc(Cc3ccc(C(=O)CC)cc3OC)ccc21.CC.[HH].[HH]. The molecule has 1 aromatic carbocycles. The zero-order valence-corrected chi connectivity index (χ0v) is 21.7. The number of hydrogen-bond acceptors (Lipinski definition) is 3. The highest BCUT2D eigenvalue weighted by molar-refractivity contribution is 5.96. The largest absolute Gasteiger partial charge is 0.496 e. The Morgan fingerprint density at radius 3 is 2.56 bits per heavy atom. The molecule has 2 aliphatic rings. The van der Waals surface area contributed by atoms with Gasteiger partial charge >= 0.3 is 0 Å². The van der Waals surface area contributed by atoms with Crippen LogP contribution >= 0.6 is 0 Å². The summed E-state index contributed by atoms with van der Waals surface area (Å²) in [5.41, 5.74) is 7.80. The van der Waals surface area contributed by atoms with Gasteiger partial charge in [-0.1, -0.05) is 64.5 Å². The van der Waals surface area contributed by atoms with E-state index in [4.69, 9.17) is 9.72 Å². The number of hydrogen-bond donors (Lipinski definition) is 0. The predicted molar refractivity (Wildman–Crippen MR) is 147 cm³/mol. The first-order chi connectivity index (χ1) is 16.5. The molecule has 0 N–H and O–H groups in total. The highest BCUT2D eigenvalue weighted by atomic mass is 16.5. The molecule has 1 saturated carbocycles. The molecule has 34 heavy (non-hydrogen) atoms. The number of carbonyl (C=O) groups is 1. The lowest BCUT2D eigenvalue weighted by atomic mass is 9.83. The van der Waals surface area contributed by atoms with Gasteiger partial charge in [0.25, 0.3) is 0 Å². The number of ether oxygens (including phenoxy) is 1. The fraction of sp³-hybridized carbons (Fsp3) is 0.484. The Labute approximate surface area is 209 Å². The molecule has 3 nitrogen and oxygen atoms in total. The molecule has 1 atom stereocenters. The first-order valence-electron chi connectivity index (χ1n) is 13.1. The van der Waals surface area contributed by atoms with Crippen molar-refractivity contribution in [2.24, 2.45) is 5.92 Å². The molecule has 1 unspecified atom stereocenters. The molecule has 0 amide bonds. The van der Waals surface area contributed by atoms with Gasteiger partial charge in [0.15, 0.2) is 5.78 Å². The minimum Gasteiger partial charge on any atom is -0.496 e. The average molecular weight is 464 g/mol. The van der Waals surface area contributed by atoms with Gasteiger partial charge in [-0.25, -0.2) is 0 Å². The quantitative estimate of drug-likeness (QED) is 0.317. The molecule has 0 bridgehead atoms. The van der Waals surface area contributed by atoms with Crippen LogP contribution < -0.4 is 4.74 Å². The van der Waals surface area contributed by atoms with Gasteiger partial charge in [-0.15, -0.1) is 0 Å². The van der Waals surface area contributed by atoms with Crippen LogP contribution in [0.2, 0.25) is 0 Å². The van der Waals surface area contributed by atoms with Crippen LogP contribution in [0.4, 0.5) is 0 Å². The van der Waals surface area contributed by atoms with Crippen molar-refractivity contribution in [1.82, 2.24) is 4.98 Å². The molecule has 0 radical (unpaired) electrons. The van der Waals surface area contributed by atoms with Crippen LogP contribution in [0.5, 0.6) is 5.75 Å². The van der Waals surface area contributed by atoms with Gasteiger partial charge in [0.2, 0.25) is 0 Å². The molecule has 2 aliphatic carbocycles. The summed E-state index contributed by atoms with van der Waals surface area (Å²) >= 11 is 0. The van der Waals surface area contributed by atoms with E-state index in [1.807, 2.05) is 39.0 Å².